The predicted octanol–water partition coefficient (Wildman–Crippen LogP) is 1.86. The van der Waals surface area contributed by atoms with E-state index in [4.69, 9.17) is 0 Å². The van der Waals surface area contributed by atoms with Crippen molar-refractivity contribution in [3.05, 3.63) is 33.3 Å². The molecule has 2 aromatic rings. The number of carbonyl (C=O) groups is 1. The molecule has 3 heterocycles. The lowest BCUT2D eigenvalue weighted by Gasteiger charge is -2.15. The van der Waals surface area contributed by atoms with Crippen molar-refractivity contribution in [2.45, 2.75) is 38.0 Å². The summed E-state index contributed by atoms with van der Waals surface area (Å²) in [5.74, 6) is -0.336. The van der Waals surface area contributed by atoms with Crippen molar-refractivity contribution >= 4 is 27.3 Å². The fraction of sp³-hybridized carbons (Fsp3) is 0.529. The quantitative estimate of drug-likeness (QED) is 0.808. The maximum absolute atomic E-state index is 12.7. The summed E-state index contributed by atoms with van der Waals surface area (Å²) in [7, 11) is -1.69. The summed E-state index contributed by atoms with van der Waals surface area (Å²) in [6, 6.07) is 1.53. The van der Waals surface area contributed by atoms with Gasteiger partial charge in [-0.25, -0.2) is 8.42 Å². The highest BCUT2D eigenvalue weighted by Crippen LogP contribution is 2.27. The van der Waals surface area contributed by atoms with Crippen LogP contribution >= 0.6 is 11.3 Å². The summed E-state index contributed by atoms with van der Waals surface area (Å²) in [6.07, 6.45) is 2.40. The Morgan fingerprint density at radius 1 is 1.31 bits per heavy atom. The molecular formula is C17H24N4O3S2. The Hall–Kier alpha value is -1.71. The lowest BCUT2D eigenvalue weighted by molar-refractivity contribution is 0.0955. The number of aryl methyl sites for hydroxylation is 2. The number of rotatable bonds is 6. The Kier molecular flexibility index (Phi) is 5.50. The van der Waals surface area contributed by atoms with Crippen molar-refractivity contribution in [2.24, 2.45) is 7.05 Å². The van der Waals surface area contributed by atoms with E-state index in [-0.39, 0.29) is 15.7 Å². The molecule has 0 aromatic carbocycles. The molecule has 1 aliphatic rings. The molecule has 0 atom stereocenters. The molecule has 2 aromatic heterocycles. The fourth-order valence-corrected chi connectivity index (χ4v) is 6.13. The van der Waals surface area contributed by atoms with Gasteiger partial charge in [0.05, 0.1) is 5.69 Å². The van der Waals surface area contributed by atoms with Gasteiger partial charge in [-0.05, 0) is 50.1 Å². The zero-order valence-corrected chi connectivity index (χ0v) is 16.9. The lowest BCUT2D eigenvalue weighted by atomic mass is 10.1. The third-order valence-electron chi connectivity index (χ3n) is 4.84. The molecule has 26 heavy (non-hydrogen) atoms. The molecule has 9 heteroatoms. The van der Waals surface area contributed by atoms with E-state index >= 15 is 0 Å². The molecule has 0 saturated carbocycles. The van der Waals surface area contributed by atoms with Crippen molar-refractivity contribution in [3.8, 4) is 0 Å². The van der Waals surface area contributed by atoms with Crippen molar-refractivity contribution in [1.29, 1.82) is 0 Å². The minimum Gasteiger partial charge on any atom is -0.351 e. The van der Waals surface area contributed by atoms with E-state index in [1.807, 2.05) is 25.6 Å². The number of aromatic nitrogens is 2. The van der Waals surface area contributed by atoms with Crippen molar-refractivity contribution < 1.29 is 13.2 Å². The zero-order chi connectivity index (χ0) is 18.9. The normalized spacial score (nSPS) is 15.5. The average molecular weight is 397 g/mol. The van der Waals surface area contributed by atoms with Gasteiger partial charge in [0.25, 0.3) is 5.91 Å². The van der Waals surface area contributed by atoms with Crippen LogP contribution in [0.2, 0.25) is 0 Å². The third-order valence-corrected chi connectivity index (χ3v) is 7.82. The topological polar surface area (TPSA) is 84.3 Å². The summed E-state index contributed by atoms with van der Waals surface area (Å²) < 4.78 is 28.8. The molecule has 1 saturated heterocycles. The van der Waals surface area contributed by atoms with Crippen LogP contribution in [-0.2, 0) is 23.5 Å². The van der Waals surface area contributed by atoms with Gasteiger partial charge < -0.3 is 5.32 Å². The molecule has 0 bridgehead atoms. The van der Waals surface area contributed by atoms with Crippen LogP contribution in [0.25, 0.3) is 0 Å². The van der Waals surface area contributed by atoms with Crippen LogP contribution in [0.1, 0.15) is 39.5 Å². The smallest absolute Gasteiger partial charge is 0.262 e. The number of sulfonamides is 1. The molecule has 1 N–H and O–H groups in total. The number of hydrogen-bond donors (Lipinski definition) is 1. The van der Waals surface area contributed by atoms with E-state index < -0.39 is 10.0 Å². The minimum atomic E-state index is -3.59. The number of carbonyl (C=O) groups excluding carboxylic acids is 1. The molecule has 3 rings (SSSR count). The van der Waals surface area contributed by atoms with E-state index in [0.717, 1.165) is 29.8 Å². The van der Waals surface area contributed by atoms with Crippen molar-refractivity contribution in [1.82, 2.24) is 19.4 Å². The standard InChI is InChI=1S/C17H24N4O3S2/c1-12-14(13(2)20(3)19-12)6-8-18-17(22)16-15(7-11-25-16)26(23,24)21-9-4-5-10-21/h7,11H,4-6,8-10H2,1-3H3,(H,18,22). The van der Waals surface area contributed by atoms with E-state index in [1.165, 1.54) is 21.7 Å². The van der Waals surface area contributed by atoms with Gasteiger partial charge in [-0.3, -0.25) is 9.48 Å². The Morgan fingerprint density at radius 2 is 2.00 bits per heavy atom. The van der Waals surface area contributed by atoms with Gasteiger partial charge in [-0.2, -0.15) is 9.40 Å². The highest BCUT2D eigenvalue weighted by atomic mass is 32.2. The minimum absolute atomic E-state index is 0.121. The third kappa shape index (κ3) is 3.56. The van der Waals surface area contributed by atoms with Crippen LogP contribution < -0.4 is 5.32 Å². The SMILES string of the molecule is Cc1nn(C)c(C)c1CCNC(=O)c1sccc1S(=O)(=O)N1CCCC1. The van der Waals surface area contributed by atoms with Crippen LogP contribution in [0, 0.1) is 13.8 Å². The summed E-state index contributed by atoms with van der Waals surface area (Å²) >= 11 is 1.17. The van der Waals surface area contributed by atoms with Crippen LogP contribution in [-0.4, -0.2) is 48.0 Å². The number of amides is 1. The zero-order valence-electron chi connectivity index (χ0n) is 15.3. The van der Waals surface area contributed by atoms with Crippen LogP contribution in [0.3, 0.4) is 0 Å². The number of thiophene rings is 1. The van der Waals surface area contributed by atoms with Gasteiger partial charge in [0.2, 0.25) is 10.0 Å². The number of hydrogen-bond acceptors (Lipinski definition) is 5. The van der Waals surface area contributed by atoms with Crippen LogP contribution in [0.15, 0.2) is 16.3 Å². The first kappa shape index (κ1) is 19.1. The highest BCUT2D eigenvalue weighted by Gasteiger charge is 2.31. The monoisotopic (exact) mass is 396 g/mol. The Labute approximate surface area is 158 Å². The van der Waals surface area contributed by atoms with Gasteiger partial charge in [0, 0.05) is 32.4 Å². The molecule has 7 nitrogen and oxygen atoms in total. The van der Waals surface area contributed by atoms with E-state index in [1.54, 1.807) is 5.38 Å². The van der Waals surface area contributed by atoms with Crippen molar-refractivity contribution in [2.75, 3.05) is 19.6 Å². The Morgan fingerprint density at radius 3 is 2.62 bits per heavy atom. The van der Waals surface area contributed by atoms with E-state index in [2.05, 4.69) is 10.4 Å². The second-order valence-corrected chi connectivity index (χ2v) is 9.33. The molecule has 0 aliphatic carbocycles. The van der Waals surface area contributed by atoms with Crippen LogP contribution in [0.4, 0.5) is 0 Å². The van der Waals surface area contributed by atoms with E-state index in [0.29, 0.717) is 26.1 Å². The molecule has 1 amide bonds. The second kappa shape index (κ2) is 7.50. The predicted molar refractivity (Wildman–Crippen MR) is 101 cm³/mol. The summed E-state index contributed by atoms with van der Waals surface area (Å²) in [4.78, 5) is 12.9. The molecule has 142 valence electrons. The summed E-state index contributed by atoms with van der Waals surface area (Å²) in [5.41, 5.74) is 3.14. The first-order valence-corrected chi connectivity index (χ1v) is 11.0. The lowest BCUT2D eigenvalue weighted by Crippen LogP contribution is -2.31. The first-order valence-electron chi connectivity index (χ1n) is 8.67. The van der Waals surface area contributed by atoms with Gasteiger partial charge in [0.1, 0.15) is 9.77 Å². The maximum atomic E-state index is 12.7. The second-order valence-electron chi connectivity index (χ2n) is 6.50. The molecular weight excluding hydrogens is 372 g/mol. The maximum Gasteiger partial charge on any atom is 0.262 e. The van der Waals surface area contributed by atoms with Gasteiger partial charge in [-0.15, -0.1) is 11.3 Å². The summed E-state index contributed by atoms with van der Waals surface area (Å²) in [5, 5.41) is 8.88. The Bertz CT molecular complexity index is 909. The largest absolute Gasteiger partial charge is 0.351 e. The Balaban J connectivity index is 1.69. The summed E-state index contributed by atoms with van der Waals surface area (Å²) in [6.45, 7) is 5.44. The van der Waals surface area contributed by atoms with Crippen molar-refractivity contribution in [3.63, 3.8) is 0 Å². The van der Waals surface area contributed by atoms with Gasteiger partial charge in [0.15, 0.2) is 0 Å². The van der Waals surface area contributed by atoms with Gasteiger partial charge in [-0.1, -0.05) is 0 Å². The number of nitrogens with zero attached hydrogens (tertiary/aromatic N) is 3. The fourth-order valence-electron chi connectivity index (χ4n) is 3.29. The van der Waals surface area contributed by atoms with E-state index in [9.17, 15) is 13.2 Å². The van der Waals surface area contributed by atoms with Crippen LogP contribution in [0.5, 0.6) is 0 Å². The van der Waals surface area contributed by atoms with Gasteiger partial charge >= 0.3 is 0 Å². The average Bonchev–Trinajstić information content (AvgIpc) is 3.32. The number of nitrogens with one attached hydrogen (secondary N) is 1. The highest BCUT2D eigenvalue weighted by molar-refractivity contribution is 7.89. The molecule has 1 aliphatic heterocycles. The molecule has 1 fully saturated rings. The molecule has 0 unspecified atom stereocenters. The molecule has 0 radical (unpaired) electrons. The first-order chi connectivity index (χ1) is 12.3. The molecule has 0 spiro atoms.